The highest BCUT2D eigenvalue weighted by Gasteiger charge is 2.04. The first kappa shape index (κ1) is 14.5. The van der Waals surface area contributed by atoms with Gasteiger partial charge < -0.3 is 10.6 Å². The van der Waals surface area contributed by atoms with Gasteiger partial charge >= 0.3 is 0 Å². The molecule has 2 aromatic carbocycles. The summed E-state index contributed by atoms with van der Waals surface area (Å²) in [7, 11) is 0. The molecular formula is C16H14BrN5. The van der Waals surface area contributed by atoms with Gasteiger partial charge in [-0.25, -0.2) is 0 Å². The summed E-state index contributed by atoms with van der Waals surface area (Å²) < 4.78 is 1.04. The van der Waals surface area contributed by atoms with E-state index in [4.69, 9.17) is 0 Å². The van der Waals surface area contributed by atoms with Crippen LogP contribution >= 0.6 is 15.9 Å². The fourth-order valence-electron chi connectivity index (χ4n) is 1.97. The van der Waals surface area contributed by atoms with Gasteiger partial charge in [0.2, 0.25) is 5.95 Å². The summed E-state index contributed by atoms with van der Waals surface area (Å²) in [6, 6.07) is 15.8. The molecule has 0 atom stereocenters. The maximum Gasteiger partial charge on any atom is 0.249 e. The molecule has 0 saturated heterocycles. The summed E-state index contributed by atoms with van der Waals surface area (Å²) in [4.78, 5) is 4.42. The van der Waals surface area contributed by atoms with E-state index in [9.17, 15) is 0 Å². The molecule has 0 aliphatic rings. The Hall–Kier alpha value is -2.47. The van der Waals surface area contributed by atoms with Crippen LogP contribution in [0.4, 0.5) is 23.1 Å². The van der Waals surface area contributed by atoms with E-state index in [-0.39, 0.29) is 0 Å². The number of rotatable bonds is 4. The van der Waals surface area contributed by atoms with Gasteiger partial charge in [-0.3, -0.25) is 0 Å². The van der Waals surface area contributed by atoms with E-state index in [0.29, 0.717) is 11.8 Å². The van der Waals surface area contributed by atoms with Crippen LogP contribution in [0.1, 0.15) is 5.56 Å². The molecule has 0 unspecified atom stereocenters. The lowest BCUT2D eigenvalue weighted by Gasteiger charge is -2.09. The van der Waals surface area contributed by atoms with Crippen molar-refractivity contribution in [2.75, 3.05) is 10.6 Å². The molecule has 2 N–H and O–H groups in total. The van der Waals surface area contributed by atoms with Crippen molar-refractivity contribution < 1.29 is 0 Å². The van der Waals surface area contributed by atoms with Crippen molar-refractivity contribution in [2.45, 2.75) is 6.92 Å². The minimum absolute atomic E-state index is 0.450. The molecule has 0 radical (unpaired) electrons. The Morgan fingerprint density at radius 1 is 1.00 bits per heavy atom. The lowest BCUT2D eigenvalue weighted by molar-refractivity contribution is 0.981. The average Bonchev–Trinajstić information content (AvgIpc) is 2.52. The maximum absolute atomic E-state index is 4.42. The Labute approximate surface area is 137 Å². The molecule has 0 fully saturated rings. The molecule has 3 aromatic rings. The van der Waals surface area contributed by atoms with Crippen LogP contribution in [-0.2, 0) is 0 Å². The number of para-hydroxylation sites is 1. The summed E-state index contributed by atoms with van der Waals surface area (Å²) in [5, 5.41) is 14.4. The second-order valence-corrected chi connectivity index (χ2v) is 5.66. The van der Waals surface area contributed by atoms with E-state index in [0.717, 1.165) is 21.4 Å². The molecule has 0 aliphatic heterocycles. The third-order valence-electron chi connectivity index (χ3n) is 3.04. The zero-order chi connectivity index (χ0) is 15.4. The number of hydrogen-bond donors (Lipinski definition) is 2. The predicted octanol–water partition coefficient (Wildman–Crippen LogP) is 4.43. The number of anilines is 4. The van der Waals surface area contributed by atoms with E-state index in [1.165, 1.54) is 0 Å². The first-order valence-electron chi connectivity index (χ1n) is 6.76. The summed E-state index contributed by atoms with van der Waals surface area (Å²) in [6.45, 7) is 2.02. The highest BCUT2D eigenvalue weighted by Crippen LogP contribution is 2.22. The molecule has 22 heavy (non-hydrogen) atoms. The van der Waals surface area contributed by atoms with Crippen LogP contribution in [0.5, 0.6) is 0 Å². The molecule has 0 saturated carbocycles. The Morgan fingerprint density at radius 2 is 1.82 bits per heavy atom. The third-order valence-corrected chi connectivity index (χ3v) is 3.53. The SMILES string of the molecule is Cc1cc(Br)ccc1Nc1nncc(Nc2ccccc2)n1. The zero-order valence-electron chi connectivity index (χ0n) is 11.9. The average molecular weight is 356 g/mol. The van der Waals surface area contributed by atoms with Crippen molar-refractivity contribution in [1.29, 1.82) is 0 Å². The van der Waals surface area contributed by atoms with Gasteiger partial charge in [0.15, 0.2) is 5.82 Å². The highest BCUT2D eigenvalue weighted by atomic mass is 79.9. The molecule has 0 aliphatic carbocycles. The van der Waals surface area contributed by atoms with E-state index >= 15 is 0 Å². The number of halogens is 1. The number of aromatic nitrogens is 3. The van der Waals surface area contributed by atoms with Crippen molar-refractivity contribution in [3.05, 3.63) is 64.8 Å². The van der Waals surface area contributed by atoms with Gasteiger partial charge in [0.25, 0.3) is 0 Å². The van der Waals surface area contributed by atoms with Crippen molar-refractivity contribution >= 4 is 39.1 Å². The van der Waals surface area contributed by atoms with E-state index in [2.05, 4.69) is 41.7 Å². The molecule has 5 nitrogen and oxygen atoms in total. The summed E-state index contributed by atoms with van der Waals surface area (Å²) in [5.74, 6) is 1.09. The first-order valence-corrected chi connectivity index (χ1v) is 7.55. The second-order valence-electron chi connectivity index (χ2n) is 4.74. The normalized spacial score (nSPS) is 10.3. The van der Waals surface area contributed by atoms with Crippen molar-refractivity contribution in [1.82, 2.24) is 15.2 Å². The smallest absolute Gasteiger partial charge is 0.249 e. The van der Waals surface area contributed by atoms with Gasteiger partial charge in [-0.15, -0.1) is 5.10 Å². The summed E-state index contributed by atoms with van der Waals surface area (Å²) >= 11 is 3.45. The molecule has 0 bridgehead atoms. The molecule has 0 spiro atoms. The summed E-state index contributed by atoms with van der Waals surface area (Å²) in [5.41, 5.74) is 3.00. The topological polar surface area (TPSA) is 62.7 Å². The van der Waals surface area contributed by atoms with Crippen molar-refractivity contribution in [3.8, 4) is 0 Å². The van der Waals surface area contributed by atoms with Crippen LogP contribution < -0.4 is 10.6 Å². The molecule has 3 rings (SSSR count). The third kappa shape index (κ3) is 3.59. The van der Waals surface area contributed by atoms with Crippen LogP contribution in [0.2, 0.25) is 0 Å². The minimum atomic E-state index is 0.450. The maximum atomic E-state index is 4.42. The first-order chi connectivity index (χ1) is 10.7. The number of nitrogens with one attached hydrogen (secondary N) is 2. The summed E-state index contributed by atoms with van der Waals surface area (Å²) in [6.07, 6.45) is 1.59. The number of benzene rings is 2. The zero-order valence-corrected chi connectivity index (χ0v) is 13.5. The lowest BCUT2D eigenvalue weighted by atomic mass is 10.2. The van der Waals surface area contributed by atoms with Crippen LogP contribution in [0.15, 0.2) is 59.2 Å². The van der Waals surface area contributed by atoms with Crippen LogP contribution in [-0.4, -0.2) is 15.2 Å². The molecular weight excluding hydrogens is 342 g/mol. The number of hydrogen-bond acceptors (Lipinski definition) is 5. The van der Waals surface area contributed by atoms with Crippen molar-refractivity contribution in [2.24, 2.45) is 0 Å². The Morgan fingerprint density at radius 3 is 2.59 bits per heavy atom. The van der Waals surface area contributed by atoms with Crippen LogP contribution in [0, 0.1) is 6.92 Å². The second kappa shape index (κ2) is 6.53. The Kier molecular flexibility index (Phi) is 4.29. The minimum Gasteiger partial charge on any atom is -0.339 e. The fraction of sp³-hybridized carbons (Fsp3) is 0.0625. The fourth-order valence-corrected chi connectivity index (χ4v) is 2.45. The Bertz CT molecular complexity index is 776. The van der Waals surface area contributed by atoms with Gasteiger partial charge in [-0.05, 0) is 42.8 Å². The molecule has 1 aromatic heterocycles. The number of nitrogens with zero attached hydrogens (tertiary/aromatic N) is 3. The van der Waals surface area contributed by atoms with Crippen LogP contribution in [0.3, 0.4) is 0 Å². The van der Waals surface area contributed by atoms with Gasteiger partial charge in [-0.2, -0.15) is 10.1 Å². The monoisotopic (exact) mass is 355 g/mol. The molecule has 110 valence electrons. The largest absolute Gasteiger partial charge is 0.339 e. The number of aryl methyl sites for hydroxylation is 1. The van der Waals surface area contributed by atoms with Crippen LogP contribution in [0.25, 0.3) is 0 Å². The van der Waals surface area contributed by atoms with Gasteiger partial charge in [0.1, 0.15) is 0 Å². The van der Waals surface area contributed by atoms with Gasteiger partial charge in [-0.1, -0.05) is 34.1 Å². The highest BCUT2D eigenvalue weighted by molar-refractivity contribution is 9.10. The lowest BCUT2D eigenvalue weighted by Crippen LogP contribution is -2.03. The standard InChI is InChI=1S/C16H14BrN5/c1-11-9-12(17)7-8-14(11)20-16-21-15(10-18-22-16)19-13-5-3-2-4-6-13/h2-10H,1H3,(H2,19,20,21,22). The quantitative estimate of drug-likeness (QED) is 0.724. The molecule has 1 heterocycles. The predicted molar refractivity (Wildman–Crippen MR) is 91.7 cm³/mol. The molecule has 0 amide bonds. The molecule has 6 heteroatoms. The van der Waals surface area contributed by atoms with E-state index < -0.39 is 0 Å². The van der Waals surface area contributed by atoms with Gasteiger partial charge in [0.05, 0.1) is 6.20 Å². The van der Waals surface area contributed by atoms with E-state index in [1.54, 1.807) is 6.20 Å². The van der Waals surface area contributed by atoms with Crippen molar-refractivity contribution in [3.63, 3.8) is 0 Å². The van der Waals surface area contributed by atoms with Gasteiger partial charge in [0, 0.05) is 15.8 Å². The van der Waals surface area contributed by atoms with E-state index in [1.807, 2.05) is 55.5 Å². The Balaban J connectivity index is 1.79.